The van der Waals surface area contributed by atoms with Crippen molar-refractivity contribution < 1.29 is 19.8 Å². The van der Waals surface area contributed by atoms with Gasteiger partial charge in [0.15, 0.2) is 0 Å². The van der Waals surface area contributed by atoms with E-state index in [0.29, 0.717) is 0 Å². The molecule has 0 aromatic heterocycles. The predicted molar refractivity (Wildman–Crippen MR) is 101 cm³/mol. The first kappa shape index (κ1) is 19.5. The molecule has 0 saturated carbocycles. The standard InChI is InChI=1S/C21H25NO4/c1-20(2,18(23)24)15-21(19(25)26,14-16-10-6-4-7-11-16)22(3)17-12-8-5-9-13-17/h4-13H,14-15H2,1-3H3,(H,23,24)(H,25,26). The Hall–Kier alpha value is -2.82. The average Bonchev–Trinajstić information content (AvgIpc) is 2.61. The molecule has 0 radical (unpaired) electrons. The lowest BCUT2D eigenvalue weighted by Gasteiger charge is -2.43. The quantitative estimate of drug-likeness (QED) is 0.755. The van der Waals surface area contributed by atoms with Crippen molar-refractivity contribution in [2.24, 2.45) is 5.41 Å². The zero-order chi connectivity index (χ0) is 19.4. The number of likely N-dealkylation sites (N-methyl/N-ethyl adjacent to an activating group) is 1. The topological polar surface area (TPSA) is 77.8 Å². The zero-order valence-corrected chi connectivity index (χ0v) is 15.3. The number of rotatable bonds is 8. The number of aliphatic carboxylic acids is 2. The Balaban J connectivity index is 2.56. The molecule has 0 aliphatic carbocycles. The molecule has 0 heterocycles. The van der Waals surface area contributed by atoms with Crippen molar-refractivity contribution >= 4 is 17.6 Å². The summed E-state index contributed by atoms with van der Waals surface area (Å²) in [5.74, 6) is -2.06. The molecule has 138 valence electrons. The summed E-state index contributed by atoms with van der Waals surface area (Å²) in [4.78, 5) is 25.9. The fourth-order valence-corrected chi connectivity index (χ4v) is 3.23. The summed E-state index contributed by atoms with van der Waals surface area (Å²) in [7, 11) is 1.71. The largest absolute Gasteiger partial charge is 0.481 e. The minimum atomic E-state index is -1.40. The fraction of sp³-hybridized carbons (Fsp3) is 0.333. The average molecular weight is 355 g/mol. The van der Waals surface area contributed by atoms with Gasteiger partial charge in [-0.3, -0.25) is 4.79 Å². The SMILES string of the molecule is CN(c1ccccc1)C(Cc1ccccc1)(CC(C)(C)C(=O)O)C(=O)O. The highest BCUT2D eigenvalue weighted by molar-refractivity contribution is 5.86. The van der Waals surface area contributed by atoms with Crippen molar-refractivity contribution in [3.8, 4) is 0 Å². The first-order chi connectivity index (χ1) is 12.2. The Bertz CT molecular complexity index is 758. The van der Waals surface area contributed by atoms with Crippen molar-refractivity contribution in [2.75, 3.05) is 11.9 Å². The second kappa shape index (κ2) is 7.60. The molecule has 26 heavy (non-hydrogen) atoms. The number of anilines is 1. The van der Waals surface area contributed by atoms with Gasteiger partial charge in [0, 0.05) is 19.2 Å². The highest BCUT2D eigenvalue weighted by Gasteiger charge is 2.49. The number of carboxylic acids is 2. The van der Waals surface area contributed by atoms with Crippen LogP contribution in [-0.2, 0) is 16.0 Å². The van der Waals surface area contributed by atoms with Gasteiger partial charge >= 0.3 is 11.9 Å². The molecule has 1 atom stereocenters. The number of carboxylic acid groups (broad SMARTS) is 2. The van der Waals surface area contributed by atoms with Crippen molar-refractivity contribution in [1.82, 2.24) is 0 Å². The number of para-hydroxylation sites is 1. The first-order valence-electron chi connectivity index (χ1n) is 8.49. The molecular weight excluding hydrogens is 330 g/mol. The number of benzene rings is 2. The van der Waals surface area contributed by atoms with E-state index in [0.717, 1.165) is 11.3 Å². The van der Waals surface area contributed by atoms with Crippen LogP contribution in [0.1, 0.15) is 25.8 Å². The van der Waals surface area contributed by atoms with E-state index in [-0.39, 0.29) is 12.8 Å². The predicted octanol–water partition coefficient (Wildman–Crippen LogP) is 3.69. The lowest BCUT2D eigenvalue weighted by atomic mass is 9.74. The molecular formula is C21H25NO4. The molecule has 0 aliphatic heterocycles. The Kier molecular flexibility index (Phi) is 5.70. The molecule has 2 N–H and O–H groups in total. The van der Waals surface area contributed by atoms with Crippen LogP contribution in [0.3, 0.4) is 0 Å². The summed E-state index contributed by atoms with van der Waals surface area (Å²) in [6.45, 7) is 3.13. The maximum absolute atomic E-state index is 12.5. The molecule has 0 amide bonds. The zero-order valence-electron chi connectivity index (χ0n) is 15.3. The third kappa shape index (κ3) is 4.04. The maximum atomic E-state index is 12.5. The van der Waals surface area contributed by atoms with Crippen LogP contribution in [0, 0.1) is 5.41 Å². The molecule has 0 bridgehead atoms. The van der Waals surface area contributed by atoms with Gasteiger partial charge in [0.25, 0.3) is 0 Å². The third-order valence-electron chi connectivity index (χ3n) is 4.84. The van der Waals surface area contributed by atoms with E-state index in [1.807, 2.05) is 60.7 Å². The molecule has 5 nitrogen and oxygen atoms in total. The molecule has 2 rings (SSSR count). The summed E-state index contributed by atoms with van der Waals surface area (Å²) >= 11 is 0. The fourth-order valence-electron chi connectivity index (χ4n) is 3.23. The van der Waals surface area contributed by atoms with Crippen LogP contribution in [0.25, 0.3) is 0 Å². The monoisotopic (exact) mass is 355 g/mol. The minimum absolute atomic E-state index is 0.0368. The van der Waals surface area contributed by atoms with E-state index in [2.05, 4.69) is 0 Å². The molecule has 0 spiro atoms. The lowest BCUT2D eigenvalue weighted by Crippen LogP contribution is -2.58. The van der Waals surface area contributed by atoms with Crippen LogP contribution in [0.15, 0.2) is 60.7 Å². The second-order valence-electron chi connectivity index (χ2n) is 7.26. The molecule has 2 aromatic rings. The van der Waals surface area contributed by atoms with Crippen LogP contribution in [0.5, 0.6) is 0 Å². The molecule has 2 aromatic carbocycles. The summed E-state index contributed by atoms with van der Waals surface area (Å²) in [6.07, 6.45) is 0.163. The summed E-state index contributed by atoms with van der Waals surface area (Å²) in [6, 6.07) is 18.5. The van der Waals surface area contributed by atoms with Crippen LogP contribution in [0.4, 0.5) is 5.69 Å². The van der Waals surface area contributed by atoms with Gasteiger partial charge in [-0.05, 0) is 38.0 Å². The lowest BCUT2D eigenvalue weighted by molar-refractivity contribution is -0.151. The van der Waals surface area contributed by atoms with E-state index in [1.54, 1.807) is 25.8 Å². The van der Waals surface area contributed by atoms with Crippen molar-refractivity contribution in [3.05, 3.63) is 66.2 Å². The summed E-state index contributed by atoms with van der Waals surface area (Å²) in [5, 5.41) is 19.8. The molecule has 0 fully saturated rings. The van der Waals surface area contributed by atoms with E-state index in [1.165, 1.54) is 0 Å². The molecule has 1 unspecified atom stereocenters. The first-order valence-corrected chi connectivity index (χ1v) is 8.49. The highest BCUT2D eigenvalue weighted by Crippen LogP contribution is 2.37. The summed E-state index contributed by atoms with van der Waals surface area (Å²) < 4.78 is 0. The van der Waals surface area contributed by atoms with Crippen LogP contribution in [0.2, 0.25) is 0 Å². The normalized spacial score (nSPS) is 13.7. The Morgan fingerprint density at radius 2 is 1.38 bits per heavy atom. The van der Waals surface area contributed by atoms with Gasteiger partial charge in [-0.1, -0.05) is 48.5 Å². The second-order valence-corrected chi connectivity index (χ2v) is 7.26. The smallest absolute Gasteiger partial charge is 0.329 e. The highest BCUT2D eigenvalue weighted by atomic mass is 16.4. The van der Waals surface area contributed by atoms with E-state index < -0.39 is 22.9 Å². The number of nitrogens with zero attached hydrogens (tertiary/aromatic N) is 1. The number of hydrogen-bond acceptors (Lipinski definition) is 3. The van der Waals surface area contributed by atoms with Crippen molar-refractivity contribution in [1.29, 1.82) is 0 Å². The van der Waals surface area contributed by atoms with Crippen molar-refractivity contribution in [2.45, 2.75) is 32.2 Å². The van der Waals surface area contributed by atoms with E-state index in [9.17, 15) is 19.8 Å². The van der Waals surface area contributed by atoms with Gasteiger partial charge in [-0.15, -0.1) is 0 Å². The molecule has 5 heteroatoms. The van der Waals surface area contributed by atoms with Gasteiger partial charge in [-0.2, -0.15) is 0 Å². The van der Waals surface area contributed by atoms with Crippen LogP contribution < -0.4 is 4.90 Å². The van der Waals surface area contributed by atoms with Gasteiger partial charge in [0.05, 0.1) is 5.41 Å². The molecule has 0 saturated heterocycles. The van der Waals surface area contributed by atoms with Gasteiger partial charge in [0.2, 0.25) is 0 Å². The third-order valence-corrected chi connectivity index (χ3v) is 4.84. The minimum Gasteiger partial charge on any atom is -0.481 e. The summed E-state index contributed by atoms with van der Waals surface area (Å²) in [5.41, 5.74) is -1.02. The van der Waals surface area contributed by atoms with Crippen LogP contribution in [-0.4, -0.2) is 34.7 Å². The number of hydrogen-bond donors (Lipinski definition) is 2. The van der Waals surface area contributed by atoms with Crippen LogP contribution >= 0.6 is 0 Å². The maximum Gasteiger partial charge on any atom is 0.329 e. The van der Waals surface area contributed by atoms with Gasteiger partial charge < -0.3 is 15.1 Å². The van der Waals surface area contributed by atoms with Gasteiger partial charge in [-0.25, -0.2) is 4.79 Å². The number of carbonyl (C=O) groups is 2. The van der Waals surface area contributed by atoms with E-state index >= 15 is 0 Å². The molecule has 0 aliphatic rings. The van der Waals surface area contributed by atoms with Crippen molar-refractivity contribution in [3.63, 3.8) is 0 Å². The Morgan fingerprint density at radius 3 is 1.85 bits per heavy atom. The van der Waals surface area contributed by atoms with Gasteiger partial charge in [0.1, 0.15) is 5.54 Å². The van der Waals surface area contributed by atoms with E-state index in [4.69, 9.17) is 0 Å². The Labute approximate surface area is 153 Å². The Morgan fingerprint density at radius 1 is 0.885 bits per heavy atom.